The number of hydrogen-bond acceptors (Lipinski definition) is 3. The van der Waals surface area contributed by atoms with Crippen molar-refractivity contribution >= 4 is 23.3 Å². The lowest BCUT2D eigenvalue weighted by Crippen LogP contribution is -2.35. The van der Waals surface area contributed by atoms with Crippen molar-refractivity contribution in [2.75, 3.05) is 18.9 Å². The number of aromatic nitrogens is 1. The van der Waals surface area contributed by atoms with Crippen molar-refractivity contribution in [3.05, 3.63) is 22.8 Å². The van der Waals surface area contributed by atoms with Gasteiger partial charge in [0.1, 0.15) is 5.82 Å². The number of nitrogens with one attached hydrogen (secondary N) is 2. The molecule has 0 unspecified atom stereocenters. The van der Waals surface area contributed by atoms with Crippen LogP contribution in [0.4, 0.5) is 5.82 Å². The standard InChI is InChI=1S/C15H22ClN3O/c1-3-15(6-4-5-7-15)10-19-14(20)11-8-13(17-2)18-9-12(11)16/h8-9H,3-7,10H2,1-2H3,(H,17,18)(H,19,20). The molecule has 1 amide bonds. The predicted octanol–water partition coefficient (Wildman–Crippen LogP) is 3.48. The third-order valence-corrected chi connectivity index (χ3v) is 4.70. The van der Waals surface area contributed by atoms with E-state index in [1.807, 2.05) is 0 Å². The van der Waals surface area contributed by atoms with Crippen LogP contribution in [0.1, 0.15) is 49.4 Å². The van der Waals surface area contributed by atoms with Crippen LogP contribution in [0.3, 0.4) is 0 Å². The summed E-state index contributed by atoms with van der Waals surface area (Å²) in [6, 6.07) is 1.69. The molecule has 4 nitrogen and oxygen atoms in total. The van der Waals surface area contributed by atoms with Crippen LogP contribution < -0.4 is 10.6 Å². The minimum atomic E-state index is -0.117. The smallest absolute Gasteiger partial charge is 0.253 e. The van der Waals surface area contributed by atoms with Crippen LogP contribution in [-0.4, -0.2) is 24.5 Å². The summed E-state index contributed by atoms with van der Waals surface area (Å²) in [6.45, 7) is 2.94. The zero-order chi connectivity index (χ0) is 14.6. The van der Waals surface area contributed by atoms with Crippen molar-refractivity contribution in [1.82, 2.24) is 10.3 Å². The Kier molecular flexibility index (Phi) is 4.86. The van der Waals surface area contributed by atoms with E-state index < -0.39 is 0 Å². The van der Waals surface area contributed by atoms with E-state index in [4.69, 9.17) is 11.6 Å². The second-order valence-electron chi connectivity index (χ2n) is 5.54. The van der Waals surface area contributed by atoms with E-state index >= 15 is 0 Å². The number of hydrogen-bond donors (Lipinski definition) is 2. The molecule has 0 bridgehead atoms. The number of rotatable bonds is 5. The molecule has 1 aromatic heterocycles. The summed E-state index contributed by atoms with van der Waals surface area (Å²) < 4.78 is 0. The first-order valence-corrected chi connectivity index (χ1v) is 7.59. The van der Waals surface area contributed by atoms with Gasteiger partial charge in [0.25, 0.3) is 5.91 Å². The highest BCUT2D eigenvalue weighted by Crippen LogP contribution is 2.40. The molecule has 0 saturated heterocycles. The Balaban J connectivity index is 2.04. The Labute approximate surface area is 125 Å². The Morgan fingerprint density at radius 1 is 1.45 bits per heavy atom. The molecular formula is C15H22ClN3O. The Morgan fingerprint density at radius 3 is 2.75 bits per heavy atom. The Hall–Kier alpha value is -1.29. The van der Waals surface area contributed by atoms with E-state index in [-0.39, 0.29) is 11.3 Å². The summed E-state index contributed by atoms with van der Waals surface area (Å²) in [6.07, 6.45) is 7.56. The minimum Gasteiger partial charge on any atom is -0.373 e. The van der Waals surface area contributed by atoms with Crippen LogP contribution in [0.5, 0.6) is 0 Å². The van der Waals surface area contributed by atoms with Crippen LogP contribution >= 0.6 is 11.6 Å². The summed E-state index contributed by atoms with van der Waals surface area (Å²) in [5.74, 6) is 0.527. The van der Waals surface area contributed by atoms with Gasteiger partial charge in [-0.1, -0.05) is 31.4 Å². The van der Waals surface area contributed by atoms with Crippen molar-refractivity contribution in [3.8, 4) is 0 Å². The second kappa shape index (κ2) is 6.44. The third kappa shape index (κ3) is 3.23. The van der Waals surface area contributed by atoms with Gasteiger partial charge in [0.2, 0.25) is 0 Å². The molecule has 0 radical (unpaired) electrons. The van der Waals surface area contributed by atoms with Gasteiger partial charge in [0, 0.05) is 19.8 Å². The van der Waals surface area contributed by atoms with Crippen molar-refractivity contribution < 1.29 is 4.79 Å². The fraction of sp³-hybridized carbons (Fsp3) is 0.600. The zero-order valence-corrected chi connectivity index (χ0v) is 12.9. The molecule has 0 atom stereocenters. The number of amides is 1. The SMILES string of the molecule is CCC1(CNC(=O)c2cc(NC)ncc2Cl)CCCC1. The van der Waals surface area contributed by atoms with Gasteiger partial charge in [0.15, 0.2) is 0 Å². The molecule has 2 rings (SSSR count). The molecule has 1 fully saturated rings. The van der Waals surface area contributed by atoms with E-state index in [2.05, 4.69) is 22.5 Å². The number of halogens is 1. The summed E-state index contributed by atoms with van der Waals surface area (Å²) in [7, 11) is 1.77. The topological polar surface area (TPSA) is 54.0 Å². The van der Waals surface area contributed by atoms with Gasteiger partial charge < -0.3 is 10.6 Å². The maximum absolute atomic E-state index is 12.3. The highest BCUT2D eigenvalue weighted by atomic mass is 35.5. The molecule has 20 heavy (non-hydrogen) atoms. The summed E-state index contributed by atoms with van der Waals surface area (Å²) in [5.41, 5.74) is 0.761. The second-order valence-corrected chi connectivity index (χ2v) is 5.95. The predicted molar refractivity (Wildman–Crippen MR) is 82.3 cm³/mol. The van der Waals surface area contributed by atoms with Crippen LogP contribution in [0, 0.1) is 5.41 Å². The van der Waals surface area contributed by atoms with Crippen LogP contribution in [-0.2, 0) is 0 Å². The fourth-order valence-electron chi connectivity index (χ4n) is 2.89. The number of pyridine rings is 1. The maximum Gasteiger partial charge on any atom is 0.253 e. The number of carbonyl (C=O) groups is 1. The quantitative estimate of drug-likeness (QED) is 0.874. The molecule has 110 valence electrons. The van der Waals surface area contributed by atoms with E-state index in [0.717, 1.165) is 13.0 Å². The average molecular weight is 296 g/mol. The first kappa shape index (κ1) is 15.1. The van der Waals surface area contributed by atoms with Gasteiger partial charge in [-0.05, 0) is 30.7 Å². The van der Waals surface area contributed by atoms with Crippen molar-refractivity contribution in [2.45, 2.75) is 39.0 Å². The Bertz CT molecular complexity index is 484. The lowest BCUT2D eigenvalue weighted by atomic mass is 9.83. The van der Waals surface area contributed by atoms with Gasteiger partial charge in [0.05, 0.1) is 10.6 Å². The van der Waals surface area contributed by atoms with Gasteiger partial charge in [-0.25, -0.2) is 4.98 Å². The van der Waals surface area contributed by atoms with Crippen molar-refractivity contribution in [1.29, 1.82) is 0 Å². The molecule has 0 aliphatic heterocycles. The van der Waals surface area contributed by atoms with E-state index in [9.17, 15) is 4.79 Å². The monoisotopic (exact) mass is 295 g/mol. The first-order valence-electron chi connectivity index (χ1n) is 7.22. The van der Waals surface area contributed by atoms with Crippen molar-refractivity contribution in [2.24, 2.45) is 5.41 Å². The molecule has 1 aromatic rings. The van der Waals surface area contributed by atoms with Gasteiger partial charge in [-0.3, -0.25) is 4.79 Å². The molecule has 1 heterocycles. The lowest BCUT2D eigenvalue weighted by Gasteiger charge is -2.27. The van der Waals surface area contributed by atoms with Gasteiger partial charge in [-0.2, -0.15) is 0 Å². The molecular weight excluding hydrogens is 274 g/mol. The molecule has 2 N–H and O–H groups in total. The highest BCUT2D eigenvalue weighted by molar-refractivity contribution is 6.33. The van der Waals surface area contributed by atoms with Crippen molar-refractivity contribution in [3.63, 3.8) is 0 Å². The van der Waals surface area contributed by atoms with E-state index in [1.165, 1.54) is 31.9 Å². The molecule has 5 heteroatoms. The molecule has 0 spiro atoms. The van der Waals surface area contributed by atoms with Crippen LogP contribution in [0.15, 0.2) is 12.3 Å². The maximum atomic E-state index is 12.3. The summed E-state index contributed by atoms with van der Waals surface area (Å²) >= 11 is 6.06. The van der Waals surface area contributed by atoms with E-state index in [1.54, 1.807) is 13.1 Å². The molecule has 1 aliphatic carbocycles. The fourth-order valence-corrected chi connectivity index (χ4v) is 3.08. The molecule has 0 aromatic carbocycles. The Morgan fingerprint density at radius 2 is 2.15 bits per heavy atom. The number of nitrogens with zero attached hydrogens (tertiary/aromatic N) is 1. The highest BCUT2D eigenvalue weighted by Gasteiger charge is 2.32. The van der Waals surface area contributed by atoms with Gasteiger partial charge >= 0.3 is 0 Å². The van der Waals surface area contributed by atoms with Crippen LogP contribution in [0.2, 0.25) is 5.02 Å². The number of anilines is 1. The van der Waals surface area contributed by atoms with Gasteiger partial charge in [-0.15, -0.1) is 0 Å². The lowest BCUT2D eigenvalue weighted by molar-refractivity contribution is 0.0929. The van der Waals surface area contributed by atoms with E-state index in [0.29, 0.717) is 16.4 Å². The number of carbonyl (C=O) groups excluding carboxylic acids is 1. The third-order valence-electron chi connectivity index (χ3n) is 4.39. The average Bonchev–Trinajstić information content (AvgIpc) is 2.95. The first-order chi connectivity index (χ1) is 9.60. The zero-order valence-electron chi connectivity index (χ0n) is 12.1. The minimum absolute atomic E-state index is 0.117. The largest absolute Gasteiger partial charge is 0.373 e. The normalized spacial score (nSPS) is 16.9. The summed E-state index contributed by atoms with van der Waals surface area (Å²) in [4.78, 5) is 16.4. The molecule has 1 aliphatic rings. The summed E-state index contributed by atoms with van der Waals surface area (Å²) in [5, 5.41) is 6.35. The molecule has 1 saturated carbocycles. The van der Waals surface area contributed by atoms with Crippen LogP contribution in [0.25, 0.3) is 0 Å².